The van der Waals surface area contributed by atoms with E-state index in [0.29, 0.717) is 23.1 Å². The van der Waals surface area contributed by atoms with Crippen molar-refractivity contribution in [3.05, 3.63) is 95.0 Å². The lowest BCUT2D eigenvalue weighted by Gasteiger charge is -2.04. The van der Waals surface area contributed by atoms with Gasteiger partial charge in [0.25, 0.3) is 11.1 Å². The molecule has 0 spiro atoms. The van der Waals surface area contributed by atoms with Crippen molar-refractivity contribution in [2.45, 2.75) is 6.92 Å². The third-order valence-electron chi connectivity index (χ3n) is 5.35. The first kappa shape index (κ1) is 23.3. The average molecular weight is 498 g/mol. The van der Waals surface area contributed by atoms with E-state index in [-0.39, 0.29) is 23.0 Å². The van der Waals surface area contributed by atoms with Gasteiger partial charge < -0.3 is 9.15 Å². The van der Waals surface area contributed by atoms with Gasteiger partial charge in [-0.05, 0) is 60.2 Å². The second-order valence-electron chi connectivity index (χ2n) is 7.85. The van der Waals surface area contributed by atoms with Crippen molar-refractivity contribution < 1.29 is 23.5 Å². The van der Waals surface area contributed by atoms with Crippen molar-refractivity contribution in [2.75, 3.05) is 6.61 Å². The predicted molar refractivity (Wildman–Crippen MR) is 135 cm³/mol. The molecule has 0 aliphatic carbocycles. The Morgan fingerprint density at radius 2 is 1.72 bits per heavy atom. The van der Waals surface area contributed by atoms with Gasteiger partial charge in [-0.3, -0.25) is 24.7 Å². The molecule has 36 heavy (non-hydrogen) atoms. The molecule has 2 aromatic carbocycles. The van der Waals surface area contributed by atoms with E-state index in [4.69, 9.17) is 9.15 Å². The van der Waals surface area contributed by atoms with Gasteiger partial charge in [0.1, 0.15) is 11.5 Å². The minimum absolute atomic E-state index is 0.209. The van der Waals surface area contributed by atoms with Crippen LogP contribution in [0.5, 0.6) is 5.75 Å². The number of carbonyl (C=O) groups excluding carboxylic acids is 3. The van der Waals surface area contributed by atoms with Crippen molar-refractivity contribution >= 4 is 34.8 Å². The van der Waals surface area contributed by atoms with Crippen LogP contribution >= 0.6 is 11.8 Å². The van der Waals surface area contributed by atoms with E-state index in [0.717, 1.165) is 28.5 Å². The Morgan fingerprint density at radius 3 is 2.39 bits per heavy atom. The van der Waals surface area contributed by atoms with Crippen LogP contribution < -0.4 is 10.1 Å². The number of ether oxygens (including phenoxy) is 1. The minimum atomic E-state index is -0.452. The van der Waals surface area contributed by atoms with Gasteiger partial charge in [0.15, 0.2) is 12.3 Å². The van der Waals surface area contributed by atoms with Crippen molar-refractivity contribution in [2.24, 2.45) is 0 Å². The van der Waals surface area contributed by atoms with Crippen LogP contribution in [0.1, 0.15) is 21.9 Å². The first-order chi connectivity index (χ1) is 17.5. The third-order valence-corrected chi connectivity index (χ3v) is 6.16. The fourth-order valence-corrected chi connectivity index (χ4v) is 4.22. The van der Waals surface area contributed by atoms with E-state index in [1.165, 1.54) is 12.3 Å². The van der Waals surface area contributed by atoms with Crippen LogP contribution in [0.2, 0.25) is 0 Å². The van der Waals surface area contributed by atoms with E-state index < -0.39 is 11.1 Å². The summed E-state index contributed by atoms with van der Waals surface area (Å²) < 4.78 is 11.3. The van der Waals surface area contributed by atoms with Gasteiger partial charge in [-0.25, -0.2) is 4.98 Å². The number of amides is 2. The zero-order valence-corrected chi connectivity index (χ0v) is 19.9. The van der Waals surface area contributed by atoms with Gasteiger partial charge >= 0.3 is 0 Å². The van der Waals surface area contributed by atoms with Crippen molar-refractivity contribution in [1.82, 2.24) is 15.3 Å². The van der Waals surface area contributed by atoms with Gasteiger partial charge in [-0.15, -0.1) is 0 Å². The molecule has 3 heterocycles. The molecule has 0 bridgehead atoms. The standard InChI is InChI=1S/C27H19N3O5S/c1-16-24(29-26(35-16)19-9-7-18(8-10-19)17-5-3-2-4-6-17)22(31)15-34-21-12-11-20(28-14-21)13-23-25(32)30-27(33)36-23/h2-14H,15H2,1H3,(H,30,32,33)/b23-13+. The Bertz CT molecular complexity index is 1480. The molecule has 1 fully saturated rings. The van der Waals surface area contributed by atoms with E-state index in [2.05, 4.69) is 15.3 Å². The molecule has 2 amide bonds. The number of nitrogens with zero attached hydrogens (tertiary/aromatic N) is 2. The van der Waals surface area contributed by atoms with Crippen LogP contribution in [0.25, 0.3) is 28.7 Å². The molecule has 0 atom stereocenters. The SMILES string of the molecule is Cc1oc(-c2ccc(-c3ccccc3)cc2)nc1C(=O)COc1ccc(/C=C2/SC(=O)NC2=O)nc1. The fourth-order valence-electron chi connectivity index (χ4n) is 3.55. The Labute approximate surface area is 210 Å². The second-order valence-corrected chi connectivity index (χ2v) is 8.86. The lowest BCUT2D eigenvalue weighted by atomic mass is 10.0. The number of ketones is 1. The Kier molecular flexibility index (Phi) is 6.46. The van der Waals surface area contributed by atoms with E-state index in [9.17, 15) is 14.4 Å². The molecular formula is C27H19N3O5S. The summed E-state index contributed by atoms with van der Waals surface area (Å²) in [5.74, 6) is 0.372. The number of Topliss-reactive ketones (excluding diaryl/α,β-unsaturated/α-hetero) is 1. The molecule has 5 rings (SSSR count). The van der Waals surface area contributed by atoms with Crippen molar-refractivity contribution in [3.63, 3.8) is 0 Å². The summed E-state index contributed by atoms with van der Waals surface area (Å²) in [6, 6.07) is 21.1. The first-order valence-electron chi connectivity index (χ1n) is 11.0. The van der Waals surface area contributed by atoms with E-state index >= 15 is 0 Å². The summed E-state index contributed by atoms with van der Waals surface area (Å²) in [6.45, 7) is 1.45. The van der Waals surface area contributed by atoms with Gasteiger partial charge in [-0.1, -0.05) is 42.5 Å². The van der Waals surface area contributed by atoms with Gasteiger partial charge in [-0.2, -0.15) is 0 Å². The maximum absolute atomic E-state index is 12.7. The molecule has 4 aromatic rings. The number of carbonyl (C=O) groups is 3. The Morgan fingerprint density at radius 1 is 1.00 bits per heavy atom. The quantitative estimate of drug-likeness (QED) is 0.271. The largest absolute Gasteiger partial charge is 0.484 e. The second kappa shape index (κ2) is 10.0. The van der Waals surface area contributed by atoms with Gasteiger partial charge in [0, 0.05) is 5.56 Å². The average Bonchev–Trinajstić information content (AvgIpc) is 3.44. The molecule has 8 nitrogen and oxygen atoms in total. The highest BCUT2D eigenvalue weighted by atomic mass is 32.2. The van der Waals surface area contributed by atoms with Gasteiger partial charge in [0.05, 0.1) is 16.8 Å². The molecule has 2 aromatic heterocycles. The summed E-state index contributed by atoms with van der Waals surface area (Å²) >= 11 is 0.815. The topological polar surface area (TPSA) is 111 Å². The highest BCUT2D eigenvalue weighted by Crippen LogP contribution is 2.27. The van der Waals surface area contributed by atoms with Crippen LogP contribution in [0.4, 0.5) is 4.79 Å². The normalized spacial score (nSPS) is 14.2. The number of nitrogens with one attached hydrogen (secondary N) is 1. The smallest absolute Gasteiger partial charge is 0.290 e. The molecule has 1 N–H and O–H groups in total. The van der Waals surface area contributed by atoms with E-state index in [1.807, 2.05) is 54.6 Å². The van der Waals surface area contributed by atoms with Crippen molar-refractivity contribution in [3.8, 4) is 28.3 Å². The van der Waals surface area contributed by atoms with Crippen LogP contribution in [0.15, 0.2) is 82.2 Å². The maximum Gasteiger partial charge on any atom is 0.290 e. The fraction of sp³-hybridized carbons (Fsp3) is 0.0741. The van der Waals surface area contributed by atoms with Crippen LogP contribution in [0.3, 0.4) is 0 Å². The highest BCUT2D eigenvalue weighted by molar-refractivity contribution is 8.18. The number of pyridine rings is 1. The van der Waals surface area contributed by atoms with Crippen LogP contribution in [-0.4, -0.2) is 33.5 Å². The minimum Gasteiger partial charge on any atom is -0.484 e. The number of hydrogen-bond acceptors (Lipinski definition) is 8. The molecule has 0 saturated carbocycles. The number of thioether (sulfide) groups is 1. The summed E-state index contributed by atoms with van der Waals surface area (Å²) in [5, 5.41) is 1.77. The maximum atomic E-state index is 12.7. The molecular weight excluding hydrogens is 478 g/mol. The lowest BCUT2D eigenvalue weighted by Crippen LogP contribution is -2.17. The monoisotopic (exact) mass is 497 g/mol. The predicted octanol–water partition coefficient (Wildman–Crippen LogP) is 5.30. The Balaban J connectivity index is 1.23. The number of aryl methyl sites for hydroxylation is 1. The number of imide groups is 1. The summed E-state index contributed by atoms with van der Waals surface area (Å²) in [6.07, 6.45) is 2.95. The molecule has 0 radical (unpaired) electrons. The number of oxazole rings is 1. The number of rotatable bonds is 7. The number of hydrogen-bond donors (Lipinski definition) is 1. The summed E-state index contributed by atoms with van der Waals surface area (Å²) in [5.41, 5.74) is 3.64. The van der Waals surface area contributed by atoms with Crippen LogP contribution in [0, 0.1) is 6.92 Å². The molecule has 1 aliphatic rings. The summed E-state index contributed by atoms with van der Waals surface area (Å²) in [7, 11) is 0. The summed E-state index contributed by atoms with van der Waals surface area (Å²) in [4.78, 5) is 44.5. The lowest BCUT2D eigenvalue weighted by molar-refractivity contribution is -0.115. The third kappa shape index (κ3) is 5.11. The Hall–Kier alpha value is -4.50. The van der Waals surface area contributed by atoms with Crippen LogP contribution in [-0.2, 0) is 4.79 Å². The zero-order chi connectivity index (χ0) is 25.1. The molecule has 178 valence electrons. The number of aromatic nitrogens is 2. The number of benzene rings is 2. The zero-order valence-electron chi connectivity index (χ0n) is 19.1. The van der Waals surface area contributed by atoms with E-state index in [1.54, 1.807) is 19.1 Å². The molecule has 9 heteroatoms. The molecule has 1 saturated heterocycles. The highest BCUT2D eigenvalue weighted by Gasteiger charge is 2.25. The molecule has 0 unspecified atom stereocenters. The first-order valence-corrected chi connectivity index (χ1v) is 11.8. The van der Waals surface area contributed by atoms with Crippen molar-refractivity contribution in [1.29, 1.82) is 0 Å². The molecule has 1 aliphatic heterocycles. The van der Waals surface area contributed by atoms with Gasteiger partial charge in [0.2, 0.25) is 11.7 Å².